The Bertz CT molecular complexity index is 474. The van der Waals surface area contributed by atoms with Crippen molar-refractivity contribution in [3.63, 3.8) is 0 Å². The number of nitrogens with zero attached hydrogens (tertiary/aromatic N) is 2. The van der Waals surface area contributed by atoms with Crippen LogP contribution >= 0.6 is 11.8 Å². The average molecular weight is 338 g/mol. The third kappa shape index (κ3) is 4.10. The van der Waals surface area contributed by atoms with Crippen LogP contribution in [0.4, 0.5) is 0 Å². The predicted molar refractivity (Wildman–Crippen MR) is 80.6 cm³/mol. The number of thioether (sulfide) groups is 1. The first-order chi connectivity index (χ1) is 9.80. The minimum Gasteiger partial charge on any atom is -0.481 e. The zero-order chi connectivity index (χ0) is 15.6. The summed E-state index contributed by atoms with van der Waals surface area (Å²) in [5, 5.41) is 8.98. The van der Waals surface area contributed by atoms with Crippen LogP contribution in [0.5, 0.6) is 0 Å². The van der Waals surface area contributed by atoms with E-state index in [4.69, 9.17) is 9.84 Å². The molecule has 3 atom stereocenters. The fraction of sp³-hybridized carbons (Fsp3) is 0.917. The molecular weight excluding hydrogens is 316 g/mol. The molecule has 0 amide bonds. The standard InChI is InChI=1S/C12H22N2O5S2/c1-9-6-13(7-10(2)19-9)21(17,18)14-3-4-20-8-11(14)5-12(15)16/h9-11H,3-8H2,1-2H3,(H,15,16). The van der Waals surface area contributed by atoms with E-state index in [2.05, 4.69) is 0 Å². The Morgan fingerprint density at radius 2 is 1.95 bits per heavy atom. The molecule has 0 bridgehead atoms. The summed E-state index contributed by atoms with van der Waals surface area (Å²) in [5.74, 6) is 0.262. The van der Waals surface area contributed by atoms with Crippen molar-refractivity contribution in [2.24, 2.45) is 0 Å². The molecule has 0 aromatic carbocycles. The molecule has 21 heavy (non-hydrogen) atoms. The molecule has 0 saturated carbocycles. The van der Waals surface area contributed by atoms with E-state index >= 15 is 0 Å². The quantitative estimate of drug-likeness (QED) is 0.790. The fourth-order valence-corrected chi connectivity index (χ4v) is 5.99. The summed E-state index contributed by atoms with van der Waals surface area (Å²) in [5.41, 5.74) is 0. The number of rotatable bonds is 4. The van der Waals surface area contributed by atoms with Crippen molar-refractivity contribution in [3.05, 3.63) is 0 Å². The van der Waals surface area contributed by atoms with Crippen molar-refractivity contribution in [2.75, 3.05) is 31.1 Å². The van der Waals surface area contributed by atoms with Crippen LogP contribution in [0, 0.1) is 0 Å². The number of carboxylic acids is 1. The number of morpholine rings is 1. The number of ether oxygens (including phenoxy) is 1. The van der Waals surface area contributed by atoms with Gasteiger partial charge in [0.05, 0.1) is 18.6 Å². The number of hydrogen-bond donors (Lipinski definition) is 1. The van der Waals surface area contributed by atoms with Crippen LogP contribution in [0.2, 0.25) is 0 Å². The van der Waals surface area contributed by atoms with E-state index in [9.17, 15) is 13.2 Å². The summed E-state index contributed by atoms with van der Waals surface area (Å²) in [6, 6.07) is -0.472. The highest BCUT2D eigenvalue weighted by Gasteiger charge is 2.40. The molecule has 9 heteroatoms. The van der Waals surface area contributed by atoms with Gasteiger partial charge in [0.1, 0.15) is 0 Å². The highest BCUT2D eigenvalue weighted by atomic mass is 32.2. The van der Waals surface area contributed by atoms with Gasteiger partial charge in [0, 0.05) is 37.2 Å². The van der Waals surface area contributed by atoms with E-state index in [1.165, 1.54) is 8.61 Å². The smallest absolute Gasteiger partial charge is 0.305 e. The summed E-state index contributed by atoms with van der Waals surface area (Å²) in [6.45, 7) is 4.69. The maximum Gasteiger partial charge on any atom is 0.305 e. The highest BCUT2D eigenvalue weighted by Crippen LogP contribution is 2.26. The summed E-state index contributed by atoms with van der Waals surface area (Å²) in [7, 11) is -3.64. The summed E-state index contributed by atoms with van der Waals surface area (Å²) in [6.07, 6.45) is -0.456. The summed E-state index contributed by atoms with van der Waals surface area (Å²) >= 11 is 1.60. The van der Waals surface area contributed by atoms with E-state index in [1.54, 1.807) is 11.8 Å². The van der Waals surface area contributed by atoms with Crippen LogP contribution in [-0.4, -0.2) is 77.5 Å². The molecule has 0 aromatic heterocycles. The topological polar surface area (TPSA) is 87.2 Å². The Hall–Kier alpha value is -0.350. The van der Waals surface area contributed by atoms with Crippen LogP contribution in [0.3, 0.4) is 0 Å². The van der Waals surface area contributed by atoms with Gasteiger partial charge in [-0.2, -0.15) is 28.8 Å². The van der Waals surface area contributed by atoms with Crippen molar-refractivity contribution in [2.45, 2.75) is 38.5 Å². The predicted octanol–water partition coefficient (Wildman–Crippen LogP) is 0.233. The van der Waals surface area contributed by atoms with Gasteiger partial charge in [-0.1, -0.05) is 0 Å². The van der Waals surface area contributed by atoms with Gasteiger partial charge in [-0.05, 0) is 13.8 Å². The van der Waals surface area contributed by atoms with Crippen molar-refractivity contribution >= 4 is 27.9 Å². The van der Waals surface area contributed by atoms with Crippen LogP contribution in [0.25, 0.3) is 0 Å². The second-order valence-electron chi connectivity index (χ2n) is 5.52. The fourth-order valence-electron chi connectivity index (χ4n) is 2.77. The zero-order valence-corrected chi connectivity index (χ0v) is 13.9. The largest absolute Gasteiger partial charge is 0.481 e. The Morgan fingerprint density at radius 3 is 2.52 bits per heavy atom. The van der Waals surface area contributed by atoms with E-state index in [-0.39, 0.29) is 18.6 Å². The first-order valence-corrected chi connectivity index (χ1v) is 9.57. The second kappa shape index (κ2) is 6.82. The number of aliphatic carboxylic acids is 1. The number of hydrogen-bond acceptors (Lipinski definition) is 5. The molecule has 2 aliphatic rings. The molecule has 7 nitrogen and oxygen atoms in total. The van der Waals surface area contributed by atoms with E-state index < -0.39 is 22.2 Å². The minimum atomic E-state index is -3.64. The molecule has 3 unspecified atom stereocenters. The zero-order valence-electron chi connectivity index (χ0n) is 12.3. The van der Waals surface area contributed by atoms with E-state index in [0.717, 1.165) is 0 Å². The molecule has 2 rings (SSSR count). The first kappa shape index (κ1) is 17.0. The molecule has 2 fully saturated rings. The van der Waals surface area contributed by atoms with Crippen LogP contribution in [-0.2, 0) is 19.7 Å². The molecule has 2 saturated heterocycles. The van der Waals surface area contributed by atoms with Crippen molar-refractivity contribution in [1.29, 1.82) is 0 Å². The van der Waals surface area contributed by atoms with Crippen molar-refractivity contribution < 1.29 is 23.1 Å². The van der Waals surface area contributed by atoms with Gasteiger partial charge >= 0.3 is 5.97 Å². The first-order valence-electron chi connectivity index (χ1n) is 7.02. The third-order valence-corrected chi connectivity index (χ3v) is 6.71. The number of carbonyl (C=O) groups is 1. The van der Waals surface area contributed by atoms with Gasteiger partial charge in [-0.3, -0.25) is 4.79 Å². The Balaban J connectivity index is 2.17. The van der Waals surface area contributed by atoms with Gasteiger partial charge in [0.15, 0.2) is 0 Å². The van der Waals surface area contributed by atoms with Crippen LogP contribution in [0.15, 0.2) is 0 Å². The molecule has 1 N–H and O–H groups in total. The number of carboxylic acid groups (broad SMARTS) is 1. The third-order valence-electron chi connectivity index (χ3n) is 3.59. The summed E-state index contributed by atoms with van der Waals surface area (Å²) in [4.78, 5) is 11.0. The monoisotopic (exact) mass is 338 g/mol. The lowest BCUT2D eigenvalue weighted by atomic mass is 10.2. The minimum absolute atomic E-state index is 0.151. The van der Waals surface area contributed by atoms with Crippen LogP contribution < -0.4 is 0 Å². The van der Waals surface area contributed by atoms with Crippen LogP contribution in [0.1, 0.15) is 20.3 Å². The molecule has 0 aromatic rings. The molecule has 122 valence electrons. The molecule has 2 aliphatic heterocycles. The van der Waals surface area contributed by atoms with Gasteiger partial charge in [-0.15, -0.1) is 0 Å². The summed E-state index contributed by atoms with van der Waals surface area (Å²) < 4.78 is 34.0. The van der Waals surface area contributed by atoms with E-state index in [1.807, 2.05) is 13.8 Å². The second-order valence-corrected chi connectivity index (χ2v) is 8.55. The van der Waals surface area contributed by atoms with Gasteiger partial charge in [0.25, 0.3) is 10.2 Å². The lowest BCUT2D eigenvalue weighted by Gasteiger charge is -2.41. The highest BCUT2D eigenvalue weighted by molar-refractivity contribution is 7.99. The van der Waals surface area contributed by atoms with Gasteiger partial charge in [-0.25, -0.2) is 0 Å². The lowest BCUT2D eigenvalue weighted by molar-refractivity contribution is -0.137. The Labute approximate surface area is 129 Å². The lowest BCUT2D eigenvalue weighted by Crippen LogP contribution is -2.57. The molecule has 0 aliphatic carbocycles. The average Bonchev–Trinajstić information content (AvgIpc) is 2.37. The molecule has 0 radical (unpaired) electrons. The molecule has 2 heterocycles. The normalized spacial score (nSPS) is 33.0. The maximum atomic E-state index is 12.8. The van der Waals surface area contributed by atoms with Gasteiger partial charge in [0.2, 0.25) is 0 Å². The molecule has 0 spiro atoms. The maximum absolute atomic E-state index is 12.8. The van der Waals surface area contributed by atoms with Crippen molar-refractivity contribution in [1.82, 2.24) is 8.61 Å². The Morgan fingerprint density at radius 1 is 1.33 bits per heavy atom. The van der Waals surface area contributed by atoms with Gasteiger partial charge < -0.3 is 9.84 Å². The SMILES string of the molecule is CC1CN(S(=O)(=O)N2CCSCC2CC(=O)O)CC(C)O1. The molecular formula is C12H22N2O5S2. The van der Waals surface area contributed by atoms with E-state index in [0.29, 0.717) is 31.1 Å². The van der Waals surface area contributed by atoms with Crippen molar-refractivity contribution in [3.8, 4) is 0 Å². The Kier molecular flexibility index (Phi) is 5.53.